The molecule has 4 rings (SSSR count). The molecule has 1 aromatic carbocycles. The summed E-state index contributed by atoms with van der Waals surface area (Å²) in [6.45, 7) is 1.97. The summed E-state index contributed by atoms with van der Waals surface area (Å²) in [5.41, 5.74) is 8.89. The van der Waals surface area contributed by atoms with Crippen LogP contribution in [0.1, 0.15) is 54.7 Å². The molecule has 1 saturated carbocycles. The third-order valence-corrected chi connectivity index (χ3v) is 6.30. The van der Waals surface area contributed by atoms with Crippen molar-refractivity contribution in [2.75, 3.05) is 5.32 Å². The molecule has 2 heterocycles. The molecule has 0 spiro atoms. The second-order valence-electron chi connectivity index (χ2n) is 7.89. The summed E-state index contributed by atoms with van der Waals surface area (Å²) < 4.78 is 0.610. The summed E-state index contributed by atoms with van der Waals surface area (Å²) in [5, 5.41) is 7.53. The van der Waals surface area contributed by atoms with Crippen molar-refractivity contribution in [2.24, 2.45) is 5.73 Å². The number of benzene rings is 1. The zero-order valence-electron chi connectivity index (χ0n) is 16.9. The Hall–Kier alpha value is -2.51. The van der Waals surface area contributed by atoms with Crippen LogP contribution < -0.4 is 16.4 Å². The molecule has 1 atom stereocenters. The van der Waals surface area contributed by atoms with Gasteiger partial charge in [0.1, 0.15) is 4.60 Å². The first-order chi connectivity index (χ1) is 14.5. The highest BCUT2D eigenvalue weighted by Crippen LogP contribution is 2.32. The van der Waals surface area contributed by atoms with E-state index in [0.29, 0.717) is 16.0 Å². The summed E-state index contributed by atoms with van der Waals surface area (Å²) >= 11 is 3.52. The van der Waals surface area contributed by atoms with Gasteiger partial charge in [0.05, 0.1) is 17.2 Å². The molecule has 1 amide bonds. The van der Waals surface area contributed by atoms with Gasteiger partial charge < -0.3 is 16.4 Å². The van der Waals surface area contributed by atoms with Crippen LogP contribution in [-0.2, 0) is 0 Å². The number of amides is 1. The van der Waals surface area contributed by atoms with Crippen LogP contribution in [0.25, 0.3) is 10.9 Å². The molecule has 0 radical (unpaired) electrons. The molecule has 0 bridgehead atoms. The molecule has 7 heteroatoms. The van der Waals surface area contributed by atoms with Gasteiger partial charge in [-0.2, -0.15) is 0 Å². The van der Waals surface area contributed by atoms with Crippen LogP contribution in [-0.4, -0.2) is 28.0 Å². The van der Waals surface area contributed by atoms with Crippen molar-refractivity contribution >= 4 is 38.4 Å². The Labute approximate surface area is 184 Å². The molecule has 0 unspecified atom stereocenters. The number of pyridine rings is 2. The molecular formula is C23H26BrN5O. The minimum atomic E-state index is -0.227. The number of carbonyl (C=O) groups is 1. The van der Waals surface area contributed by atoms with Gasteiger partial charge in [-0.15, -0.1) is 0 Å². The molecule has 1 aliphatic carbocycles. The fraction of sp³-hybridized carbons (Fsp3) is 0.348. The summed E-state index contributed by atoms with van der Waals surface area (Å²) in [7, 11) is 0. The van der Waals surface area contributed by atoms with E-state index in [1.165, 1.54) is 0 Å². The third kappa shape index (κ3) is 4.47. The Morgan fingerprint density at radius 2 is 1.87 bits per heavy atom. The first kappa shape index (κ1) is 20.8. The summed E-state index contributed by atoms with van der Waals surface area (Å²) in [6.07, 6.45) is 5.62. The number of carbonyl (C=O) groups excluding carboxylic acids is 1. The summed E-state index contributed by atoms with van der Waals surface area (Å²) in [4.78, 5) is 22.4. The number of nitrogens with one attached hydrogen (secondary N) is 2. The number of hydrogen-bond donors (Lipinski definition) is 3. The smallest absolute Gasteiger partial charge is 0.272 e. The van der Waals surface area contributed by atoms with E-state index >= 15 is 0 Å². The molecule has 3 aromatic rings. The van der Waals surface area contributed by atoms with Crippen LogP contribution in [0.5, 0.6) is 0 Å². The number of anilines is 1. The lowest BCUT2D eigenvalue weighted by atomic mass is 9.91. The Balaban J connectivity index is 1.68. The normalized spacial score (nSPS) is 20.0. The number of aromatic nitrogens is 2. The average molecular weight is 468 g/mol. The van der Waals surface area contributed by atoms with Crippen molar-refractivity contribution in [1.82, 2.24) is 15.3 Å². The highest BCUT2D eigenvalue weighted by atomic mass is 79.9. The van der Waals surface area contributed by atoms with Gasteiger partial charge in [-0.25, -0.2) is 4.98 Å². The maximum absolute atomic E-state index is 13.3. The van der Waals surface area contributed by atoms with Gasteiger partial charge in [0.15, 0.2) is 5.69 Å². The monoisotopic (exact) mass is 467 g/mol. The first-order valence-corrected chi connectivity index (χ1v) is 11.1. The molecule has 30 heavy (non-hydrogen) atoms. The van der Waals surface area contributed by atoms with Gasteiger partial charge in [0.25, 0.3) is 5.91 Å². The molecule has 0 aliphatic heterocycles. The number of rotatable bonds is 5. The Morgan fingerprint density at radius 3 is 2.60 bits per heavy atom. The zero-order valence-corrected chi connectivity index (χ0v) is 18.5. The maximum atomic E-state index is 13.3. The minimum absolute atomic E-state index is 0.140. The topological polar surface area (TPSA) is 92.9 Å². The third-order valence-electron chi connectivity index (χ3n) is 5.70. The van der Waals surface area contributed by atoms with Crippen molar-refractivity contribution in [3.63, 3.8) is 0 Å². The number of hydrogen-bond acceptors (Lipinski definition) is 5. The molecular weight excluding hydrogens is 442 g/mol. The number of fused-ring (bicyclic) bond motifs is 1. The van der Waals surface area contributed by atoms with Crippen molar-refractivity contribution in [1.29, 1.82) is 0 Å². The largest absolute Gasteiger partial charge is 0.379 e. The number of nitrogens with zero attached hydrogens (tertiary/aromatic N) is 2. The fourth-order valence-corrected chi connectivity index (χ4v) is 4.45. The lowest BCUT2D eigenvalue weighted by Gasteiger charge is -2.28. The lowest BCUT2D eigenvalue weighted by Crippen LogP contribution is -2.34. The minimum Gasteiger partial charge on any atom is -0.379 e. The Bertz CT molecular complexity index is 1030. The van der Waals surface area contributed by atoms with Crippen molar-refractivity contribution in [3.8, 4) is 0 Å². The van der Waals surface area contributed by atoms with E-state index in [0.717, 1.165) is 42.1 Å². The lowest BCUT2D eigenvalue weighted by molar-refractivity contribution is 0.0935. The van der Waals surface area contributed by atoms with Crippen LogP contribution in [0.15, 0.2) is 53.3 Å². The molecule has 6 nitrogen and oxygen atoms in total. The van der Waals surface area contributed by atoms with E-state index in [9.17, 15) is 4.79 Å². The van der Waals surface area contributed by atoms with E-state index in [2.05, 4.69) is 36.5 Å². The summed E-state index contributed by atoms with van der Waals surface area (Å²) in [5.74, 6) is -0.227. The second-order valence-corrected chi connectivity index (χ2v) is 8.64. The van der Waals surface area contributed by atoms with Gasteiger partial charge in [0, 0.05) is 23.7 Å². The standard InChI is InChI=1S/C23H26BrN5O/c1-14(15-6-3-2-4-7-15)27-23(30)21-20(28-17-11-9-16(25)10-12-17)19-18(22(24)29-21)8-5-13-26-19/h2-8,13-14,16-17,28H,9-12,25H2,1H3,(H,27,30)/t14-,16?,17?/m1/s1. The van der Waals surface area contributed by atoms with Gasteiger partial charge >= 0.3 is 0 Å². The van der Waals surface area contributed by atoms with Crippen molar-refractivity contribution < 1.29 is 4.79 Å². The average Bonchev–Trinajstić information content (AvgIpc) is 2.77. The van der Waals surface area contributed by atoms with Gasteiger partial charge in [0.2, 0.25) is 0 Å². The predicted molar refractivity (Wildman–Crippen MR) is 123 cm³/mol. The molecule has 0 saturated heterocycles. The van der Waals surface area contributed by atoms with E-state index < -0.39 is 0 Å². The van der Waals surface area contributed by atoms with Crippen LogP contribution in [0, 0.1) is 0 Å². The second kappa shape index (κ2) is 9.10. The van der Waals surface area contributed by atoms with Crippen molar-refractivity contribution in [3.05, 3.63) is 64.5 Å². The predicted octanol–water partition coefficient (Wildman–Crippen LogP) is 4.57. The zero-order chi connectivity index (χ0) is 21.1. The number of halogens is 1. The summed E-state index contributed by atoms with van der Waals surface area (Å²) in [6, 6.07) is 14.1. The Kier molecular flexibility index (Phi) is 6.29. The SMILES string of the molecule is C[C@@H](NC(=O)c1nc(Br)c2cccnc2c1NC1CCC(N)CC1)c1ccccc1. The molecule has 156 valence electrons. The molecule has 2 aromatic heterocycles. The number of nitrogens with two attached hydrogens (primary N) is 1. The van der Waals surface area contributed by atoms with Gasteiger partial charge in [-0.3, -0.25) is 9.78 Å². The highest BCUT2D eigenvalue weighted by Gasteiger charge is 2.25. The first-order valence-electron chi connectivity index (χ1n) is 10.3. The van der Waals surface area contributed by atoms with E-state index in [1.54, 1.807) is 6.20 Å². The van der Waals surface area contributed by atoms with Gasteiger partial charge in [-0.05, 0) is 66.2 Å². The van der Waals surface area contributed by atoms with Crippen LogP contribution in [0.2, 0.25) is 0 Å². The van der Waals surface area contributed by atoms with Crippen LogP contribution in [0.4, 0.5) is 5.69 Å². The quantitative estimate of drug-likeness (QED) is 0.478. The molecule has 1 aliphatic rings. The van der Waals surface area contributed by atoms with E-state index in [-0.39, 0.29) is 24.0 Å². The van der Waals surface area contributed by atoms with Crippen LogP contribution >= 0.6 is 15.9 Å². The Morgan fingerprint density at radius 1 is 1.13 bits per heavy atom. The van der Waals surface area contributed by atoms with E-state index in [4.69, 9.17) is 5.73 Å². The van der Waals surface area contributed by atoms with E-state index in [1.807, 2.05) is 49.4 Å². The molecule has 1 fully saturated rings. The van der Waals surface area contributed by atoms with Crippen molar-refractivity contribution in [2.45, 2.75) is 50.7 Å². The maximum Gasteiger partial charge on any atom is 0.272 e. The fourth-order valence-electron chi connectivity index (χ4n) is 3.96. The highest BCUT2D eigenvalue weighted by molar-refractivity contribution is 9.10. The van der Waals surface area contributed by atoms with Crippen LogP contribution in [0.3, 0.4) is 0 Å². The van der Waals surface area contributed by atoms with Gasteiger partial charge in [-0.1, -0.05) is 30.3 Å². The molecule has 4 N–H and O–H groups in total.